The third-order valence-electron chi connectivity index (χ3n) is 4.84. The lowest BCUT2D eigenvalue weighted by atomic mass is 10.2. The lowest BCUT2D eigenvalue weighted by molar-refractivity contribution is -0.145. The van der Waals surface area contributed by atoms with Gasteiger partial charge in [0.25, 0.3) is 0 Å². The molecule has 0 N–H and O–H groups in total. The van der Waals surface area contributed by atoms with E-state index in [1.807, 2.05) is 0 Å². The lowest BCUT2D eigenvalue weighted by Crippen LogP contribution is -2.10. The van der Waals surface area contributed by atoms with Crippen molar-refractivity contribution in [2.45, 2.75) is 6.92 Å². The first-order valence-electron chi connectivity index (χ1n) is 11.8. The normalized spacial score (nSPS) is 9.63. The summed E-state index contributed by atoms with van der Waals surface area (Å²) in [6.45, 7) is 7.75. The van der Waals surface area contributed by atoms with Gasteiger partial charge in [0.15, 0.2) is 11.6 Å². The summed E-state index contributed by atoms with van der Waals surface area (Å²) in [5.74, 6) is -2.14. The van der Waals surface area contributed by atoms with Crippen LogP contribution in [0.3, 0.4) is 0 Å². The van der Waals surface area contributed by atoms with Gasteiger partial charge in [0, 0.05) is 12.2 Å². The Morgan fingerprint density at radius 1 is 0.732 bits per heavy atom. The molecule has 0 saturated carbocycles. The maximum atomic E-state index is 13.7. The molecule has 0 aliphatic rings. The minimum Gasteiger partial charge on any atom is -0.465 e. The molecular weight excluding hydrogens is 539 g/mol. The molecule has 0 aliphatic carbocycles. The summed E-state index contributed by atoms with van der Waals surface area (Å²) in [4.78, 5) is 44.7. The standard InChI is InChI=1S/C18H15FO5.C12H12O5/c1-3-17(20)23-11-22-14-7-5-13(6-8-14)18(21)24-16-9-4-12(2)10-15(16)19;1-3-11(13)17-8-16-10-6-4-9(5-7-10)12(14)15-2/h3-10H,1,11H2,2H3;3-7H,1,8H2,2H3. The number of aryl methyl sites for hydroxylation is 1. The number of halogens is 1. The molecule has 10 nitrogen and oxygen atoms in total. The maximum absolute atomic E-state index is 13.7. The van der Waals surface area contributed by atoms with Gasteiger partial charge in [-0.1, -0.05) is 19.2 Å². The molecule has 0 amide bonds. The van der Waals surface area contributed by atoms with Gasteiger partial charge in [-0.15, -0.1) is 0 Å². The Morgan fingerprint density at radius 2 is 1.20 bits per heavy atom. The van der Waals surface area contributed by atoms with Crippen molar-refractivity contribution in [3.8, 4) is 17.2 Å². The van der Waals surface area contributed by atoms with E-state index in [1.54, 1.807) is 37.3 Å². The van der Waals surface area contributed by atoms with Crippen LogP contribution in [0, 0.1) is 12.7 Å². The number of esters is 4. The molecule has 41 heavy (non-hydrogen) atoms. The Hall–Kier alpha value is -5.45. The zero-order valence-electron chi connectivity index (χ0n) is 22.3. The minimum atomic E-state index is -0.692. The Morgan fingerprint density at radius 3 is 1.61 bits per heavy atom. The van der Waals surface area contributed by atoms with Gasteiger partial charge < -0.3 is 28.4 Å². The topological polar surface area (TPSA) is 124 Å². The molecule has 0 aromatic heterocycles. The van der Waals surface area contributed by atoms with E-state index in [0.717, 1.165) is 17.7 Å². The van der Waals surface area contributed by atoms with Crippen molar-refractivity contribution in [2.24, 2.45) is 0 Å². The maximum Gasteiger partial charge on any atom is 0.343 e. The number of ether oxygens (including phenoxy) is 6. The van der Waals surface area contributed by atoms with Crippen LogP contribution in [-0.2, 0) is 23.8 Å². The summed E-state index contributed by atoms with van der Waals surface area (Å²) in [5, 5.41) is 0. The number of hydrogen-bond donors (Lipinski definition) is 0. The van der Waals surface area contributed by atoms with E-state index in [2.05, 4.69) is 27.4 Å². The molecule has 11 heteroatoms. The van der Waals surface area contributed by atoms with Gasteiger partial charge in [0.05, 0.1) is 18.2 Å². The Balaban J connectivity index is 0.000000305. The van der Waals surface area contributed by atoms with Gasteiger partial charge in [0.2, 0.25) is 13.6 Å². The summed E-state index contributed by atoms with van der Waals surface area (Å²) in [6, 6.07) is 16.5. The molecule has 0 spiro atoms. The van der Waals surface area contributed by atoms with E-state index in [1.165, 1.54) is 43.5 Å². The van der Waals surface area contributed by atoms with E-state index < -0.39 is 29.7 Å². The van der Waals surface area contributed by atoms with E-state index in [4.69, 9.17) is 14.2 Å². The second kappa shape index (κ2) is 16.5. The van der Waals surface area contributed by atoms with Crippen LogP contribution in [-0.4, -0.2) is 44.6 Å². The van der Waals surface area contributed by atoms with Crippen molar-refractivity contribution >= 4 is 23.9 Å². The average molecular weight is 567 g/mol. The molecule has 0 bridgehead atoms. The molecule has 3 rings (SSSR count). The van der Waals surface area contributed by atoms with Crippen LogP contribution in [0.25, 0.3) is 0 Å². The van der Waals surface area contributed by atoms with Gasteiger partial charge in [-0.3, -0.25) is 0 Å². The highest BCUT2D eigenvalue weighted by Crippen LogP contribution is 2.20. The van der Waals surface area contributed by atoms with Crippen LogP contribution in [0.5, 0.6) is 17.2 Å². The number of benzene rings is 3. The average Bonchev–Trinajstić information content (AvgIpc) is 2.99. The quantitative estimate of drug-likeness (QED) is 0.103. The second-order valence-corrected chi connectivity index (χ2v) is 7.72. The van der Waals surface area contributed by atoms with Crippen LogP contribution in [0.15, 0.2) is 92.0 Å². The molecule has 3 aromatic rings. The van der Waals surface area contributed by atoms with Crippen LogP contribution >= 0.6 is 0 Å². The third-order valence-corrected chi connectivity index (χ3v) is 4.84. The van der Waals surface area contributed by atoms with E-state index in [0.29, 0.717) is 17.1 Å². The smallest absolute Gasteiger partial charge is 0.343 e. The largest absolute Gasteiger partial charge is 0.465 e. The molecule has 0 radical (unpaired) electrons. The van der Waals surface area contributed by atoms with E-state index in [-0.39, 0.29) is 24.9 Å². The first-order chi connectivity index (χ1) is 19.7. The van der Waals surface area contributed by atoms with Crippen molar-refractivity contribution in [1.29, 1.82) is 0 Å². The molecule has 0 heterocycles. The highest BCUT2D eigenvalue weighted by atomic mass is 19.1. The van der Waals surface area contributed by atoms with Gasteiger partial charge in [-0.05, 0) is 73.2 Å². The molecule has 3 aromatic carbocycles. The summed E-state index contributed by atoms with van der Waals surface area (Å²) in [5.41, 5.74) is 1.37. The fourth-order valence-electron chi connectivity index (χ4n) is 2.77. The second-order valence-electron chi connectivity index (χ2n) is 7.72. The zero-order valence-corrected chi connectivity index (χ0v) is 22.3. The summed E-state index contributed by atoms with van der Waals surface area (Å²) >= 11 is 0. The van der Waals surface area contributed by atoms with Gasteiger partial charge >= 0.3 is 23.9 Å². The molecule has 0 unspecified atom stereocenters. The molecule has 0 aliphatic heterocycles. The predicted octanol–water partition coefficient (Wildman–Crippen LogP) is 4.96. The molecular formula is C30H27FO10. The van der Waals surface area contributed by atoms with E-state index in [9.17, 15) is 23.6 Å². The van der Waals surface area contributed by atoms with Crippen molar-refractivity contribution in [3.05, 3.63) is 115 Å². The van der Waals surface area contributed by atoms with Crippen LogP contribution in [0.4, 0.5) is 4.39 Å². The molecule has 0 atom stereocenters. The monoisotopic (exact) mass is 566 g/mol. The molecule has 214 valence electrons. The first-order valence-corrected chi connectivity index (χ1v) is 11.8. The highest BCUT2D eigenvalue weighted by Gasteiger charge is 2.12. The summed E-state index contributed by atoms with van der Waals surface area (Å²) in [6.07, 6.45) is 2.07. The molecule has 0 saturated heterocycles. The zero-order chi connectivity index (χ0) is 30.2. The van der Waals surface area contributed by atoms with Gasteiger partial charge in [0.1, 0.15) is 11.5 Å². The summed E-state index contributed by atoms with van der Waals surface area (Å²) in [7, 11) is 1.31. The van der Waals surface area contributed by atoms with Gasteiger partial charge in [-0.25, -0.2) is 23.6 Å². The number of carbonyl (C=O) groups excluding carboxylic acids is 4. The SMILES string of the molecule is C=CC(=O)OCOc1ccc(C(=O)OC)cc1.C=CC(=O)OCOc1ccc(C(=O)Oc2ccc(C)cc2F)cc1. The first kappa shape index (κ1) is 31.8. The Labute approximate surface area is 235 Å². The van der Waals surface area contributed by atoms with Crippen molar-refractivity contribution in [3.63, 3.8) is 0 Å². The third kappa shape index (κ3) is 11.1. The Kier molecular flexibility index (Phi) is 12.8. The fourth-order valence-corrected chi connectivity index (χ4v) is 2.77. The fraction of sp³-hybridized carbons (Fsp3) is 0.133. The van der Waals surface area contributed by atoms with Crippen LogP contribution < -0.4 is 14.2 Å². The summed E-state index contributed by atoms with van der Waals surface area (Å²) < 4.78 is 42.8. The number of methoxy groups -OCH3 is 1. The molecule has 0 fully saturated rings. The lowest BCUT2D eigenvalue weighted by Gasteiger charge is -2.08. The van der Waals surface area contributed by atoms with Crippen LogP contribution in [0.2, 0.25) is 0 Å². The number of rotatable bonds is 11. The van der Waals surface area contributed by atoms with Crippen LogP contribution in [0.1, 0.15) is 26.3 Å². The van der Waals surface area contributed by atoms with E-state index >= 15 is 0 Å². The van der Waals surface area contributed by atoms with Crippen molar-refractivity contribution in [1.82, 2.24) is 0 Å². The number of hydrogen-bond acceptors (Lipinski definition) is 10. The predicted molar refractivity (Wildman–Crippen MR) is 144 cm³/mol. The highest BCUT2D eigenvalue weighted by molar-refractivity contribution is 5.91. The Bertz CT molecular complexity index is 1370. The van der Waals surface area contributed by atoms with Crippen molar-refractivity contribution < 1.29 is 52.0 Å². The van der Waals surface area contributed by atoms with Crippen molar-refractivity contribution in [2.75, 3.05) is 20.7 Å². The van der Waals surface area contributed by atoms with Gasteiger partial charge in [-0.2, -0.15) is 0 Å². The number of carbonyl (C=O) groups is 4. The minimum absolute atomic E-state index is 0.137.